The minimum absolute atomic E-state index is 0.145. The minimum atomic E-state index is -2.47. The smallest absolute Gasteiger partial charge is 0.251 e. The van der Waals surface area contributed by atoms with Crippen molar-refractivity contribution >= 4 is 0 Å². The summed E-state index contributed by atoms with van der Waals surface area (Å²) in [7, 11) is 0. The fourth-order valence-corrected chi connectivity index (χ4v) is 1.85. The lowest BCUT2D eigenvalue weighted by Gasteiger charge is -2.19. The predicted octanol–water partition coefficient (Wildman–Crippen LogP) is 0.722. The molecule has 2 rings (SSSR count). The van der Waals surface area contributed by atoms with Crippen LogP contribution in [0.15, 0.2) is 30.3 Å². The lowest BCUT2D eigenvalue weighted by Crippen LogP contribution is -2.32. The van der Waals surface area contributed by atoms with E-state index in [4.69, 9.17) is 5.11 Å². The number of aliphatic hydroxyl groups excluding tert-OH is 1. The van der Waals surface area contributed by atoms with E-state index < -0.39 is 13.0 Å². The number of halogens is 2. The third-order valence-electron chi connectivity index (χ3n) is 2.71. The van der Waals surface area contributed by atoms with Gasteiger partial charge in [0.15, 0.2) is 5.82 Å². The molecular formula is C12H15F2N5O. The molecular weight excluding hydrogens is 268 g/mol. The average Bonchev–Trinajstić information content (AvgIpc) is 2.87. The second kappa shape index (κ2) is 7.01. The number of hydrogen-bond donors (Lipinski definition) is 1. The van der Waals surface area contributed by atoms with Crippen LogP contribution < -0.4 is 0 Å². The summed E-state index contributed by atoms with van der Waals surface area (Å²) in [5.41, 5.74) is 0.758. The summed E-state index contributed by atoms with van der Waals surface area (Å²) in [6.45, 7) is -0.333. The third-order valence-corrected chi connectivity index (χ3v) is 2.71. The zero-order valence-electron chi connectivity index (χ0n) is 10.7. The number of aliphatic hydroxyl groups is 1. The molecule has 6 nitrogen and oxygen atoms in total. The molecule has 0 unspecified atom stereocenters. The van der Waals surface area contributed by atoms with Crippen molar-refractivity contribution in [3.63, 3.8) is 0 Å². The summed E-state index contributed by atoms with van der Waals surface area (Å²) in [5, 5.41) is 20.2. The number of rotatable bonds is 7. The van der Waals surface area contributed by atoms with E-state index in [2.05, 4.69) is 15.5 Å². The highest BCUT2D eigenvalue weighted by Crippen LogP contribution is 2.10. The molecule has 0 spiro atoms. The van der Waals surface area contributed by atoms with Gasteiger partial charge in [-0.3, -0.25) is 4.90 Å². The van der Waals surface area contributed by atoms with E-state index in [1.807, 2.05) is 30.3 Å². The van der Waals surface area contributed by atoms with E-state index >= 15 is 0 Å². The lowest BCUT2D eigenvalue weighted by atomic mass is 10.3. The molecule has 1 aromatic heterocycles. The van der Waals surface area contributed by atoms with Crippen molar-refractivity contribution in [2.75, 3.05) is 19.7 Å². The van der Waals surface area contributed by atoms with Gasteiger partial charge in [-0.1, -0.05) is 18.2 Å². The monoisotopic (exact) mass is 283 g/mol. The van der Waals surface area contributed by atoms with Crippen LogP contribution in [0, 0.1) is 0 Å². The second-order valence-electron chi connectivity index (χ2n) is 4.19. The maximum Gasteiger partial charge on any atom is 0.251 e. The van der Waals surface area contributed by atoms with E-state index in [0.29, 0.717) is 5.82 Å². The van der Waals surface area contributed by atoms with Crippen molar-refractivity contribution < 1.29 is 13.9 Å². The Bertz CT molecular complexity index is 520. The Morgan fingerprint density at radius 3 is 2.65 bits per heavy atom. The Morgan fingerprint density at radius 1 is 1.25 bits per heavy atom. The molecule has 0 radical (unpaired) electrons. The molecule has 0 atom stereocenters. The first-order chi connectivity index (χ1) is 9.70. The number of nitrogens with zero attached hydrogens (tertiary/aromatic N) is 5. The fourth-order valence-electron chi connectivity index (χ4n) is 1.85. The van der Waals surface area contributed by atoms with Crippen LogP contribution >= 0.6 is 0 Å². The van der Waals surface area contributed by atoms with Crippen molar-refractivity contribution in [1.29, 1.82) is 0 Å². The number of tetrazole rings is 1. The molecule has 0 aliphatic rings. The quantitative estimate of drug-likeness (QED) is 0.811. The number of hydrogen-bond acceptors (Lipinski definition) is 5. The average molecular weight is 283 g/mol. The third kappa shape index (κ3) is 3.78. The van der Waals surface area contributed by atoms with E-state index in [0.717, 1.165) is 5.69 Å². The van der Waals surface area contributed by atoms with Crippen molar-refractivity contribution in [2.24, 2.45) is 0 Å². The van der Waals surface area contributed by atoms with Crippen LogP contribution in [0.4, 0.5) is 8.78 Å². The van der Waals surface area contributed by atoms with Gasteiger partial charge < -0.3 is 5.11 Å². The summed E-state index contributed by atoms with van der Waals surface area (Å²) >= 11 is 0. The SMILES string of the molecule is OCCN(Cc1nnnn1-c1ccccc1)CC(F)F. The highest BCUT2D eigenvalue weighted by molar-refractivity contribution is 5.30. The van der Waals surface area contributed by atoms with Gasteiger partial charge in [0.1, 0.15) is 0 Å². The summed E-state index contributed by atoms with van der Waals surface area (Å²) in [5.74, 6) is 0.449. The Kier molecular flexibility index (Phi) is 5.08. The minimum Gasteiger partial charge on any atom is -0.395 e. The highest BCUT2D eigenvalue weighted by atomic mass is 19.3. The van der Waals surface area contributed by atoms with E-state index in [9.17, 15) is 8.78 Å². The predicted molar refractivity (Wildman–Crippen MR) is 67.5 cm³/mol. The maximum atomic E-state index is 12.5. The molecule has 20 heavy (non-hydrogen) atoms. The van der Waals surface area contributed by atoms with Crippen molar-refractivity contribution in [2.45, 2.75) is 13.0 Å². The molecule has 0 aliphatic carbocycles. The summed E-state index contributed by atoms with van der Waals surface area (Å²) < 4.78 is 26.5. The number of para-hydroxylation sites is 1. The first-order valence-corrected chi connectivity index (χ1v) is 6.14. The normalized spacial score (nSPS) is 11.4. The van der Waals surface area contributed by atoms with Crippen LogP contribution in [0.25, 0.3) is 5.69 Å². The van der Waals surface area contributed by atoms with E-state index in [1.54, 1.807) is 0 Å². The standard InChI is InChI=1S/C12H15F2N5O/c13-11(14)8-18(6-7-20)9-12-15-16-17-19(12)10-4-2-1-3-5-10/h1-5,11,20H,6-9H2. The maximum absolute atomic E-state index is 12.5. The Labute approximate surface area is 114 Å². The molecule has 1 heterocycles. The highest BCUT2D eigenvalue weighted by Gasteiger charge is 2.16. The van der Waals surface area contributed by atoms with Gasteiger partial charge in [-0.15, -0.1) is 5.10 Å². The zero-order valence-corrected chi connectivity index (χ0v) is 10.7. The first kappa shape index (κ1) is 14.5. The van der Waals surface area contributed by atoms with Crippen molar-refractivity contribution in [1.82, 2.24) is 25.1 Å². The summed E-state index contributed by atoms with van der Waals surface area (Å²) in [6, 6.07) is 9.19. The fraction of sp³-hybridized carbons (Fsp3) is 0.417. The van der Waals surface area contributed by atoms with Crippen LogP contribution in [0.2, 0.25) is 0 Å². The van der Waals surface area contributed by atoms with E-state index in [1.165, 1.54) is 9.58 Å². The van der Waals surface area contributed by atoms with Crippen LogP contribution in [0.3, 0.4) is 0 Å². The van der Waals surface area contributed by atoms with Gasteiger partial charge in [0.05, 0.1) is 25.4 Å². The van der Waals surface area contributed by atoms with Crippen LogP contribution in [0.1, 0.15) is 5.82 Å². The molecule has 0 fully saturated rings. The molecule has 108 valence electrons. The Hall–Kier alpha value is -1.93. The number of aromatic nitrogens is 4. The van der Waals surface area contributed by atoms with Gasteiger partial charge in [-0.2, -0.15) is 4.68 Å². The van der Waals surface area contributed by atoms with Crippen LogP contribution in [-0.2, 0) is 6.54 Å². The van der Waals surface area contributed by atoms with Gasteiger partial charge in [0.25, 0.3) is 6.43 Å². The van der Waals surface area contributed by atoms with Gasteiger partial charge in [-0.05, 0) is 22.6 Å². The molecule has 1 N–H and O–H groups in total. The number of alkyl halides is 2. The first-order valence-electron chi connectivity index (χ1n) is 6.14. The molecule has 2 aromatic rings. The topological polar surface area (TPSA) is 67.1 Å². The van der Waals surface area contributed by atoms with Crippen molar-refractivity contribution in [3.8, 4) is 5.69 Å². The number of benzene rings is 1. The lowest BCUT2D eigenvalue weighted by molar-refractivity contribution is 0.0730. The van der Waals surface area contributed by atoms with Crippen LogP contribution in [-0.4, -0.2) is 56.3 Å². The molecule has 0 saturated heterocycles. The Balaban J connectivity index is 2.15. The molecule has 0 amide bonds. The molecule has 0 aliphatic heterocycles. The zero-order chi connectivity index (χ0) is 14.4. The summed E-state index contributed by atoms with van der Waals surface area (Å²) in [6.07, 6.45) is -2.47. The van der Waals surface area contributed by atoms with Crippen molar-refractivity contribution in [3.05, 3.63) is 36.2 Å². The van der Waals surface area contributed by atoms with Crippen LogP contribution in [0.5, 0.6) is 0 Å². The summed E-state index contributed by atoms with van der Waals surface area (Å²) in [4.78, 5) is 1.41. The molecule has 0 saturated carbocycles. The molecule has 0 bridgehead atoms. The van der Waals surface area contributed by atoms with E-state index in [-0.39, 0.29) is 19.7 Å². The van der Waals surface area contributed by atoms with Gasteiger partial charge >= 0.3 is 0 Å². The largest absolute Gasteiger partial charge is 0.395 e. The van der Waals surface area contributed by atoms with Gasteiger partial charge in [0.2, 0.25) is 0 Å². The Morgan fingerprint density at radius 2 is 2.00 bits per heavy atom. The van der Waals surface area contributed by atoms with Gasteiger partial charge in [0, 0.05) is 6.54 Å². The second-order valence-corrected chi connectivity index (χ2v) is 4.19. The molecule has 8 heteroatoms. The molecule has 1 aromatic carbocycles. The van der Waals surface area contributed by atoms with Gasteiger partial charge in [-0.25, -0.2) is 8.78 Å².